The van der Waals surface area contributed by atoms with E-state index in [1.165, 1.54) is 0 Å². The molecular weight excluding hydrogens is 252 g/mol. The van der Waals surface area contributed by atoms with Gasteiger partial charge in [0, 0.05) is 29.7 Å². The number of amides is 1. The molecule has 0 spiro atoms. The molecule has 0 fully saturated rings. The lowest BCUT2D eigenvalue weighted by Crippen LogP contribution is -2.04. The molecule has 4 nitrogen and oxygen atoms in total. The Morgan fingerprint density at radius 1 is 1.30 bits per heavy atom. The molecule has 20 heavy (non-hydrogen) atoms. The Bertz CT molecular complexity index is 698. The smallest absolute Gasteiger partial charge is 0.256 e. The molecule has 0 unspecified atom stereocenters. The van der Waals surface area contributed by atoms with Crippen molar-refractivity contribution in [3.05, 3.63) is 52.8 Å². The number of aliphatic hydroxyl groups is 1. The second-order valence-electron chi connectivity index (χ2n) is 4.90. The summed E-state index contributed by atoms with van der Waals surface area (Å²) in [6.07, 6.45) is 4.34. The lowest BCUT2D eigenvalue weighted by molar-refractivity contribution is -0.110. The molecule has 2 aromatic rings. The van der Waals surface area contributed by atoms with Crippen molar-refractivity contribution in [2.75, 3.05) is 11.9 Å². The minimum Gasteiger partial charge on any atom is -0.396 e. The molecule has 0 radical (unpaired) electrons. The molecule has 1 aromatic heterocycles. The SMILES string of the molecule is Cc1c[nH]c(/C=C2\C(=O)Nc3ccccc32)c1CCO. The van der Waals surface area contributed by atoms with Gasteiger partial charge in [0.15, 0.2) is 0 Å². The fourth-order valence-corrected chi connectivity index (χ4v) is 2.57. The van der Waals surface area contributed by atoms with Crippen LogP contribution in [0.2, 0.25) is 0 Å². The van der Waals surface area contributed by atoms with Crippen LogP contribution < -0.4 is 5.32 Å². The van der Waals surface area contributed by atoms with Crippen LogP contribution in [0.3, 0.4) is 0 Å². The number of nitrogens with one attached hydrogen (secondary N) is 2. The molecule has 0 bridgehead atoms. The molecule has 0 saturated carbocycles. The maximum atomic E-state index is 12.1. The van der Waals surface area contributed by atoms with Gasteiger partial charge in [-0.15, -0.1) is 0 Å². The number of aliphatic hydroxyl groups excluding tert-OH is 1. The van der Waals surface area contributed by atoms with E-state index < -0.39 is 0 Å². The van der Waals surface area contributed by atoms with Crippen molar-refractivity contribution in [1.82, 2.24) is 4.98 Å². The monoisotopic (exact) mass is 268 g/mol. The summed E-state index contributed by atoms with van der Waals surface area (Å²) >= 11 is 0. The number of aromatic amines is 1. The third kappa shape index (κ3) is 2.04. The average molecular weight is 268 g/mol. The molecule has 0 aliphatic carbocycles. The van der Waals surface area contributed by atoms with Gasteiger partial charge in [0.2, 0.25) is 0 Å². The van der Waals surface area contributed by atoms with Gasteiger partial charge in [-0.25, -0.2) is 0 Å². The summed E-state index contributed by atoms with van der Waals surface area (Å²) in [5.74, 6) is -0.0894. The zero-order chi connectivity index (χ0) is 14.1. The van der Waals surface area contributed by atoms with Crippen molar-refractivity contribution in [2.24, 2.45) is 0 Å². The Balaban J connectivity index is 2.07. The highest BCUT2D eigenvalue weighted by Gasteiger charge is 2.23. The van der Waals surface area contributed by atoms with Crippen LogP contribution in [0.1, 0.15) is 22.4 Å². The number of carbonyl (C=O) groups is 1. The van der Waals surface area contributed by atoms with Gasteiger partial charge in [-0.2, -0.15) is 0 Å². The van der Waals surface area contributed by atoms with E-state index >= 15 is 0 Å². The summed E-state index contributed by atoms with van der Waals surface area (Å²) in [6.45, 7) is 2.09. The molecule has 0 saturated heterocycles. The van der Waals surface area contributed by atoms with E-state index in [1.54, 1.807) is 0 Å². The number of hydrogen-bond donors (Lipinski definition) is 3. The summed E-state index contributed by atoms with van der Waals surface area (Å²) in [5.41, 5.74) is 5.45. The molecular formula is C16H16N2O2. The molecule has 102 valence electrons. The predicted octanol–water partition coefficient (Wildman–Crippen LogP) is 2.35. The second kappa shape index (κ2) is 4.98. The number of rotatable bonds is 3. The van der Waals surface area contributed by atoms with Gasteiger partial charge in [-0.3, -0.25) is 4.79 Å². The Morgan fingerprint density at radius 2 is 2.10 bits per heavy atom. The predicted molar refractivity (Wildman–Crippen MR) is 79.3 cm³/mol. The van der Waals surface area contributed by atoms with E-state index in [0.29, 0.717) is 12.0 Å². The number of hydrogen-bond acceptors (Lipinski definition) is 2. The number of para-hydroxylation sites is 1. The lowest BCUT2D eigenvalue weighted by Gasteiger charge is -2.01. The molecule has 0 atom stereocenters. The first-order valence-corrected chi connectivity index (χ1v) is 6.61. The second-order valence-corrected chi connectivity index (χ2v) is 4.90. The van der Waals surface area contributed by atoms with Crippen LogP contribution >= 0.6 is 0 Å². The van der Waals surface area contributed by atoms with Crippen molar-refractivity contribution >= 4 is 23.2 Å². The van der Waals surface area contributed by atoms with Crippen molar-refractivity contribution < 1.29 is 9.90 Å². The summed E-state index contributed by atoms with van der Waals surface area (Å²) in [5, 5.41) is 12.0. The first-order valence-electron chi connectivity index (χ1n) is 6.61. The van der Waals surface area contributed by atoms with Crippen LogP contribution in [0.25, 0.3) is 11.6 Å². The Hall–Kier alpha value is -2.33. The van der Waals surface area contributed by atoms with Gasteiger partial charge in [-0.05, 0) is 36.6 Å². The van der Waals surface area contributed by atoms with Crippen molar-refractivity contribution in [3.8, 4) is 0 Å². The zero-order valence-corrected chi connectivity index (χ0v) is 11.2. The van der Waals surface area contributed by atoms with Gasteiger partial charge in [0.1, 0.15) is 0 Å². The Labute approximate surface area is 117 Å². The standard InChI is InChI=1S/C16H16N2O2/c1-10-9-17-15(11(10)6-7-19)8-13-12-4-2-3-5-14(12)18-16(13)20/h2-5,8-9,17,19H,6-7H2,1H3,(H,18,20)/b13-8-. The minimum absolute atomic E-state index is 0.0894. The lowest BCUT2D eigenvalue weighted by atomic mass is 10.0. The van der Waals surface area contributed by atoms with Crippen molar-refractivity contribution in [3.63, 3.8) is 0 Å². The van der Waals surface area contributed by atoms with Crippen LogP contribution in [0.4, 0.5) is 5.69 Å². The Morgan fingerprint density at radius 3 is 2.90 bits per heavy atom. The maximum absolute atomic E-state index is 12.1. The van der Waals surface area contributed by atoms with Crippen LogP contribution in [-0.2, 0) is 11.2 Å². The third-order valence-corrected chi connectivity index (χ3v) is 3.61. The highest BCUT2D eigenvalue weighted by atomic mass is 16.3. The summed E-state index contributed by atoms with van der Waals surface area (Å²) < 4.78 is 0. The molecule has 1 aliphatic heterocycles. The number of fused-ring (bicyclic) bond motifs is 1. The van der Waals surface area contributed by atoms with Gasteiger partial charge in [-0.1, -0.05) is 18.2 Å². The summed E-state index contributed by atoms with van der Waals surface area (Å²) in [6, 6.07) is 7.64. The molecule has 2 heterocycles. The first-order chi connectivity index (χ1) is 9.70. The normalized spacial score (nSPS) is 15.5. The molecule has 1 aromatic carbocycles. The van der Waals surface area contributed by atoms with E-state index in [2.05, 4.69) is 10.3 Å². The molecule has 4 heteroatoms. The highest BCUT2D eigenvalue weighted by molar-refractivity contribution is 6.34. The largest absolute Gasteiger partial charge is 0.396 e. The number of aryl methyl sites for hydroxylation is 1. The van der Waals surface area contributed by atoms with Gasteiger partial charge in [0.25, 0.3) is 5.91 Å². The van der Waals surface area contributed by atoms with Crippen LogP contribution in [-0.4, -0.2) is 22.6 Å². The average Bonchev–Trinajstić information content (AvgIpc) is 2.94. The van der Waals surface area contributed by atoms with Gasteiger partial charge in [0.05, 0.1) is 5.57 Å². The third-order valence-electron chi connectivity index (χ3n) is 3.61. The fourth-order valence-electron chi connectivity index (χ4n) is 2.57. The van der Waals surface area contributed by atoms with E-state index in [1.807, 2.05) is 43.5 Å². The minimum atomic E-state index is -0.0894. The Kier molecular flexibility index (Phi) is 3.16. The molecule has 1 amide bonds. The molecule has 3 N–H and O–H groups in total. The summed E-state index contributed by atoms with van der Waals surface area (Å²) in [4.78, 5) is 15.2. The summed E-state index contributed by atoms with van der Waals surface area (Å²) in [7, 11) is 0. The van der Waals surface area contributed by atoms with Crippen LogP contribution in [0.5, 0.6) is 0 Å². The molecule has 3 rings (SSSR count). The van der Waals surface area contributed by atoms with Crippen LogP contribution in [0, 0.1) is 6.92 Å². The number of anilines is 1. The van der Waals surface area contributed by atoms with E-state index in [-0.39, 0.29) is 12.5 Å². The van der Waals surface area contributed by atoms with E-state index in [0.717, 1.165) is 28.1 Å². The maximum Gasteiger partial charge on any atom is 0.256 e. The van der Waals surface area contributed by atoms with Crippen molar-refractivity contribution in [2.45, 2.75) is 13.3 Å². The number of benzene rings is 1. The van der Waals surface area contributed by atoms with E-state index in [4.69, 9.17) is 5.11 Å². The fraction of sp³-hybridized carbons (Fsp3) is 0.188. The number of H-pyrrole nitrogens is 1. The zero-order valence-electron chi connectivity index (χ0n) is 11.2. The van der Waals surface area contributed by atoms with Crippen LogP contribution in [0.15, 0.2) is 30.5 Å². The number of carbonyl (C=O) groups excluding carboxylic acids is 1. The van der Waals surface area contributed by atoms with E-state index in [9.17, 15) is 4.79 Å². The highest BCUT2D eigenvalue weighted by Crippen LogP contribution is 2.33. The topological polar surface area (TPSA) is 65.1 Å². The quantitative estimate of drug-likeness (QED) is 0.748. The molecule has 1 aliphatic rings. The first kappa shape index (κ1) is 12.7. The van der Waals surface area contributed by atoms with Crippen molar-refractivity contribution in [1.29, 1.82) is 0 Å². The van der Waals surface area contributed by atoms with Gasteiger partial charge < -0.3 is 15.4 Å². The number of aromatic nitrogens is 1. The van der Waals surface area contributed by atoms with Gasteiger partial charge >= 0.3 is 0 Å².